The second-order valence-corrected chi connectivity index (χ2v) is 5.56. The molecule has 5 heteroatoms. The van der Waals surface area contributed by atoms with E-state index in [4.69, 9.17) is 5.11 Å². The minimum atomic E-state index is -0.717. The third-order valence-corrected chi connectivity index (χ3v) is 3.82. The number of hydrogen-bond donors (Lipinski definition) is 2. The largest absolute Gasteiger partial charge is 0.395 e. The average Bonchev–Trinajstić information content (AvgIpc) is 3.20. The molecule has 0 aromatic rings. The van der Waals surface area contributed by atoms with Gasteiger partial charge in [-0.15, -0.1) is 0 Å². The topological polar surface area (TPSA) is 76.4 Å². The fourth-order valence-corrected chi connectivity index (χ4v) is 2.35. The third-order valence-electron chi connectivity index (χ3n) is 3.82. The maximum atomic E-state index is 12.0. The highest BCUT2D eigenvalue weighted by molar-refractivity contribution is 5.79. The second kappa shape index (κ2) is 5.25. The normalized spacial score (nSPS) is 22.3. The summed E-state index contributed by atoms with van der Waals surface area (Å²) in [5, 5.41) is 21.0. The van der Waals surface area contributed by atoms with E-state index in [0.717, 1.165) is 25.7 Å². The smallest absolute Gasteiger partial charge is 0.235 e. The molecule has 0 bridgehead atoms. The fourth-order valence-electron chi connectivity index (χ4n) is 2.35. The Hall–Kier alpha value is -1.12. The maximum Gasteiger partial charge on any atom is 0.235 e. The summed E-state index contributed by atoms with van der Waals surface area (Å²) in [5.74, 6) is 0.199. The van der Waals surface area contributed by atoms with Gasteiger partial charge in [0.05, 0.1) is 19.2 Å². The van der Waals surface area contributed by atoms with Gasteiger partial charge in [-0.2, -0.15) is 5.26 Å². The molecule has 2 saturated carbocycles. The van der Waals surface area contributed by atoms with E-state index in [1.54, 1.807) is 6.92 Å². The van der Waals surface area contributed by atoms with E-state index in [1.807, 2.05) is 4.90 Å². The van der Waals surface area contributed by atoms with Gasteiger partial charge in [-0.1, -0.05) is 0 Å². The summed E-state index contributed by atoms with van der Waals surface area (Å²) in [6.07, 6.45) is 4.25. The first kappa shape index (κ1) is 13.3. The SMILES string of the molecule is CC(C#N)(NC(=O)CN(CCO)C1CC1)C1CC1. The summed E-state index contributed by atoms with van der Waals surface area (Å²) in [7, 11) is 0. The summed E-state index contributed by atoms with van der Waals surface area (Å²) in [6.45, 7) is 2.69. The van der Waals surface area contributed by atoms with Crippen molar-refractivity contribution in [2.45, 2.75) is 44.2 Å². The molecule has 1 atom stereocenters. The molecule has 0 heterocycles. The summed E-state index contributed by atoms with van der Waals surface area (Å²) in [4.78, 5) is 14.0. The van der Waals surface area contributed by atoms with E-state index in [-0.39, 0.29) is 19.1 Å². The van der Waals surface area contributed by atoms with Gasteiger partial charge in [0.1, 0.15) is 5.54 Å². The van der Waals surface area contributed by atoms with Gasteiger partial charge in [-0.05, 0) is 38.5 Å². The van der Waals surface area contributed by atoms with Gasteiger partial charge in [0.2, 0.25) is 5.91 Å². The Morgan fingerprint density at radius 1 is 1.50 bits per heavy atom. The molecule has 0 aromatic carbocycles. The monoisotopic (exact) mass is 251 g/mol. The predicted molar refractivity (Wildman–Crippen MR) is 66.6 cm³/mol. The summed E-state index contributed by atoms with van der Waals surface area (Å²) < 4.78 is 0. The molecule has 0 radical (unpaired) electrons. The molecule has 0 saturated heterocycles. The molecule has 100 valence electrons. The molecule has 1 unspecified atom stereocenters. The predicted octanol–water partition coefficient (Wildman–Crippen LogP) is 0.252. The van der Waals surface area contributed by atoms with Crippen LogP contribution in [0.5, 0.6) is 0 Å². The van der Waals surface area contributed by atoms with Crippen LogP contribution in [0.2, 0.25) is 0 Å². The molecule has 2 aliphatic carbocycles. The van der Waals surface area contributed by atoms with Gasteiger partial charge in [-0.3, -0.25) is 9.69 Å². The first-order chi connectivity index (χ1) is 8.59. The minimum Gasteiger partial charge on any atom is -0.395 e. The number of carbonyl (C=O) groups excluding carboxylic acids is 1. The number of hydrogen-bond acceptors (Lipinski definition) is 4. The summed E-state index contributed by atoms with van der Waals surface area (Å²) in [6, 6.07) is 2.66. The van der Waals surface area contributed by atoms with Crippen molar-refractivity contribution in [3.8, 4) is 6.07 Å². The molecule has 5 nitrogen and oxygen atoms in total. The van der Waals surface area contributed by atoms with Crippen LogP contribution in [0.25, 0.3) is 0 Å². The molecule has 1 amide bonds. The van der Waals surface area contributed by atoms with Crippen molar-refractivity contribution < 1.29 is 9.90 Å². The lowest BCUT2D eigenvalue weighted by atomic mass is 9.98. The van der Waals surface area contributed by atoms with Crippen LogP contribution in [-0.4, -0.2) is 47.2 Å². The van der Waals surface area contributed by atoms with Gasteiger partial charge in [0, 0.05) is 12.6 Å². The zero-order chi connectivity index (χ0) is 13.2. The van der Waals surface area contributed by atoms with E-state index < -0.39 is 5.54 Å². The van der Waals surface area contributed by atoms with Crippen molar-refractivity contribution in [1.82, 2.24) is 10.2 Å². The van der Waals surface area contributed by atoms with Crippen LogP contribution in [0.1, 0.15) is 32.6 Å². The van der Waals surface area contributed by atoms with Crippen LogP contribution in [0.15, 0.2) is 0 Å². The van der Waals surface area contributed by atoms with Crippen LogP contribution in [0.3, 0.4) is 0 Å². The van der Waals surface area contributed by atoms with Crippen LogP contribution in [0.4, 0.5) is 0 Å². The number of amides is 1. The molecule has 0 aliphatic heterocycles. The Morgan fingerprint density at radius 2 is 2.17 bits per heavy atom. The molecule has 2 aliphatic rings. The zero-order valence-corrected chi connectivity index (χ0v) is 10.9. The number of aliphatic hydroxyl groups is 1. The molecule has 2 rings (SSSR count). The minimum absolute atomic E-state index is 0.0714. The first-order valence-corrected chi connectivity index (χ1v) is 6.66. The van der Waals surface area contributed by atoms with Crippen LogP contribution in [0, 0.1) is 17.2 Å². The standard InChI is InChI=1S/C13H21N3O2/c1-13(9-14,10-2-3-10)15-12(18)8-16(6-7-17)11-4-5-11/h10-11,17H,2-8H2,1H3,(H,15,18). The Kier molecular flexibility index (Phi) is 3.88. The van der Waals surface area contributed by atoms with Gasteiger partial charge in [0.25, 0.3) is 0 Å². The fraction of sp³-hybridized carbons (Fsp3) is 0.846. The molecule has 0 aromatic heterocycles. The lowest BCUT2D eigenvalue weighted by molar-refractivity contribution is -0.123. The highest BCUT2D eigenvalue weighted by atomic mass is 16.3. The number of nitrogens with zero attached hydrogens (tertiary/aromatic N) is 2. The Balaban J connectivity index is 1.85. The van der Waals surface area contributed by atoms with E-state index in [0.29, 0.717) is 18.5 Å². The van der Waals surface area contributed by atoms with Crippen molar-refractivity contribution in [3.05, 3.63) is 0 Å². The highest BCUT2D eigenvalue weighted by Gasteiger charge is 2.43. The van der Waals surface area contributed by atoms with Gasteiger partial charge < -0.3 is 10.4 Å². The Labute approximate surface area is 108 Å². The van der Waals surface area contributed by atoms with Crippen molar-refractivity contribution in [2.24, 2.45) is 5.92 Å². The summed E-state index contributed by atoms with van der Waals surface area (Å²) >= 11 is 0. The van der Waals surface area contributed by atoms with Crippen molar-refractivity contribution in [3.63, 3.8) is 0 Å². The van der Waals surface area contributed by atoms with Crippen molar-refractivity contribution in [2.75, 3.05) is 19.7 Å². The van der Waals surface area contributed by atoms with Crippen LogP contribution in [-0.2, 0) is 4.79 Å². The van der Waals surface area contributed by atoms with E-state index >= 15 is 0 Å². The number of carbonyl (C=O) groups is 1. The number of rotatable bonds is 7. The molecule has 18 heavy (non-hydrogen) atoms. The molecule has 2 fully saturated rings. The molecular formula is C13H21N3O2. The molecule has 0 spiro atoms. The number of nitrogens with one attached hydrogen (secondary N) is 1. The average molecular weight is 251 g/mol. The van der Waals surface area contributed by atoms with E-state index in [9.17, 15) is 10.1 Å². The lowest BCUT2D eigenvalue weighted by Gasteiger charge is -2.26. The second-order valence-electron chi connectivity index (χ2n) is 5.56. The lowest BCUT2D eigenvalue weighted by Crippen LogP contribution is -2.50. The van der Waals surface area contributed by atoms with Crippen molar-refractivity contribution >= 4 is 5.91 Å². The quantitative estimate of drug-likeness (QED) is 0.680. The first-order valence-electron chi connectivity index (χ1n) is 6.66. The zero-order valence-electron chi connectivity index (χ0n) is 10.9. The highest BCUT2D eigenvalue weighted by Crippen LogP contribution is 2.39. The van der Waals surface area contributed by atoms with Gasteiger partial charge in [-0.25, -0.2) is 0 Å². The number of nitriles is 1. The van der Waals surface area contributed by atoms with Gasteiger partial charge in [0.15, 0.2) is 0 Å². The number of aliphatic hydroxyl groups excluding tert-OH is 1. The van der Waals surface area contributed by atoms with E-state index in [2.05, 4.69) is 11.4 Å². The molecular weight excluding hydrogens is 230 g/mol. The Bertz CT molecular complexity index is 358. The Morgan fingerprint density at radius 3 is 2.61 bits per heavy atom. The van der Waals surface area contributed by atoms with E-state index in [1.165, 1.54) is 0 Å². The maximum absolute atomic E-state index is 12.0. The summed E-state index contributed by atoms with van der Waals surface area (Å²) in [5.41, 5.74) is -0.717. The van der Waals surface area contributed by atoms with Crippen LogP contribution >= 0.6 is 0 Å². The van der Waals surface area contributed by atoms with Gasteiger partial charge >= 0.3 is 0 Å². The molecule has 2 N–H and O–H groups in total. The third kappa shape index (κ3) is 3.21. The van der Waals surface area contributed by atoms with Crippen LogP contribution < -0.4 is 5.32 Å². The van der Waals surface area contributed by atoms with Crippen molar-refractivity contribution in [1.29, 1.82) is 5.26 Å².